The number of amides is 1. The summed E-state index contributed by atoms with van der Waals surface area (Å²) >= 11 is 0. The number of rotatable bonds is 5. The first-order valence-electron chi connectivity index (χ1n) is 5.81. The fraction of sp³-hybridized carbons (Fsp3) is 0.462. The van der Waals surface area contributed by atoms with E-state index < -0.39 is 0 Å². The number of hydrogen-bond acceptors (Lipinski definition) is 3. The first kappa shape index (κ1) is 13.5. The Morgan fingerprint density at radius 3 is 2.65 bits per heavy atom. The number of benzene rings is 1. The molecule has 4 heteroatoms. The molecule has 0 radical (unpaired) electrons. The maximum Gasteiger partial charge on any atom is 0.224 e. The highest BCUT2D eigenvalue weighted by molar-refractivity contribution is 5.79. The second-order valence-corrected chi connectivity index (χ2v) is 4.37. The number of hydrogen-bond donors (Lipinski definition) is 3. The first-order valence-corrected chi connectivity index (χ1v) is 5.81. The summed E-state index contributed by atoms with van der Waals surface area (Å²) in [4.78, 5) is 11.7. The molecule has 4 N–H and O–H groups in total. The first-order chi connectivity index (χ1) is 8.04. The molecule has 1 aromatic carbocycles. The molecule has 0 heterocycles. The largest absolute Gasteiger partial charge is 0.508 e. The van der Waals surface area contributed by atoms with Crippen LogP contribution in [0.25, 0.3) is 0 Å². The lowest BCUT2D eigenvalue weighted by molar-refractivity contribution is -0.121. The molecule has 0 aliphatic heterocycles. The minimum Gasteiger partial charge on any atom is -0.508 e. The molecule has 94 valence electrons. The highest BCUT2D eigenvalue weighted by Crippen LogP contribution is 2.16. The molecule has 0 saturated carbocycles. The van der Waals surface area contributed by atoms with Crippen LogP contribution in [0.1, 0.15) is 19.4 Å². The third-order valence-corrected chi connectivity index (χ3v) is 2.96. The van der Waals surface area contributed by atoms with Crippen molar-refractivity contribution < 1.29 is 9.90 Å². The van der Waals surface area contributed by atoms with E-state index in [0.29, 0.717) is 12.1 Å². The molecule has 0 bridgehead atoms. The van der Waals surface area contributed by atoms with Gasteiger partial charge in [0, 0.05) is 11.6 Å². The van der Waals surface area contributed by atoms with E-state index in [1.54, 1.807) is 24.3 Å². The van der Waals surface area contributed by atoms with Gasteiger partial charge in [0.15, 0.2) is 0 Å². The Bertz CT molecular complexity index is 379. The van der Waals surface area contributed by atoms with Crippen molar-refractivity contribution in [1.29, 1.82) is 0 Å². The summed E-state index contributed by atoms with van der Waals surface area (Å²) in [5.74, 6) is 0.296. The summed E-state index contributed by atoms with van der Waals surface area (Å²) in [6, 6.07) is 6.89. The molecular weight excluding hydrogens is 216 g/mol. The minimum absolute atomic E-state index is 0.0401. The second kappa shape index (κ2) is 6.25. The zero-order valence-corrected chi connectivity index (χ0v) is 10.3. The maximum absolute atomic E-state index is 11.7. The fourth-order valence-electron chi connectivity index (χ4n) is 1.48. The number of carbonyl (C=O) groups excluding carboxylic acids is 1. The Balaban J connectivity index is 2.53. The quantitative estimate of drug-likeness (QED) is 0.715. The van der Waals surface area contributed by atoms with Gasteiger partial charge < -0.3 is 16.2 Å². The molecule has 2 atom stereocenters. The minimum atomic E-state index is -0.0979. The molecule has 1 aromatic rings. The van der Waals surface area contributed by atoms with Crippen LogP contribution in [0.5, 0.6) is 5.75 Å². The monoisotopic (exact) mass is 236 g/mol. The molecule has 0 spiro atoms. The van der Waals surface area contributed by atoms with E-state index in [0.717, 1.165) is 0 Å². The van der Waals surface area contributed by atoms with Crippen LogP contribution in [-0.4, -0.2) is 23.6 Å². The predicted molar refractivity (Wildman–Crippen MR) is 67.6 cm³/mol. The van der Waals surface area contributed by atoms with Gasteiger partial charge in [-0.2, -0.15) is 0 Å². The number of phenols is 1. The number of phenolic OH excluding ortho intramolecular Hbond substituents is 1. The SMILES string of the molecule is CC(CN)C(C)NC(=O)Cc1ccccc1O. The van der Waals surface area contributed by atoms with Crippen LogP contribution >= 0.6 is 0 Å². The van der Waals surface area contributed by atoms with Crippen molar-refractivity contribution in [3.8, 4) is 5.75 Å². The van der Waals surface area contributed by atoms with Gasteiger partial charge >= 0.3 is 0 Å². The van der Waals surface area contributed by atoms with Crippen molar-refractivity contribution in [2.24, 2.45) is 11.7 Å². The van der Waals surface area contributed by atoms with Crippen LogP contribution in [-0.2, 0) is 11.2 Å². The van der Waals surface area contributed by atoms with Crippen LogP contribution in [0.4, 0.5) is 0 Å². The lowest BCUT2D eigenvalue weighted by Gasteiger charge is -2.19. The van der Waals surface area contributed by atoms with Crippen LogP contribution in [0.3, 0.4) is 0 Å². The number of nitrogens with two attached hydrogens (primary N) is 1. The smallest absolute Gasteiger partial charge is 0.224 e. The molecule has 0 aliphatic carbocycles. The topological polar surface area (TPSA) is 75.3 Å². The average Bonchev–Trinajstić information content (AvgIpc) is 2.31. The van der Waals surface area contributed by atoms with E-state index in [4.69, 9.17) is 5.73 Å². The summed E-state index contributed by atoms with van der Waals surface area (Å²) in [6.07, 6.45) is 0.189. The van der Waals surface area contributed by atoms with Crippen molar-refractivity contribution in [3.05, 3.63) is 29.8 Å². The molecule has 1 amide bonds. The van der Waals surface area contributed by atoms with Gasteiger partial charge in [-0.25, -0.2) is 0 Å². The van der Waals surface area contributed by atoms with E-state index in [9.17, 15) is 9.90 Å². The third-order valence-electron chi connectivity index (χ3n) is 2.96. The molecule has 0 fully saturated rings. The van der Waals surface area contributed by atoms with Crippen molar-refractivity contribution in [2.45, 2.75) is 26.3 Å². The molecule has 17 heavy (non-hydrogen) atoms. The van der Waals surface area contributed by atoms with Gasteiger partial charge in [-0.05, 0) is 25.5 Å². The number of nitrogens with one attached hydrogen (secondary N) is 1. The lowest BCUT2D eigenvalue weighted by Crippen LogP contribution is -2.40. The maximum atomic E-state index is 11.7. The zero-order chi connectivity index (χ0) is 12.8. The van der Waals surface area contributed by atoms with E-state index in [1.165, 1.54) is 0 Å². The Morgan fingerprint density at radius 1 is 1.41 bits per heavy atom. The molecule has 0 aliphatic rings. The van der Waals surface area contributed by atoms with Gasteiger partial charge in [0.2, 0.25) is 5.91 Å². The molecular formula is C13H20N2O2. The standard InChI is InChI=1S/C13H20N2O2/c1-9(8-14)10(2)15-13(17)7-11-5-3-4-6-12(11)16/h3-6,9-10,16H,7-8,14H2,1-2H3,(H,15,17). The number of para-hydroxylation sites is 1. The van der Waals surface area contributed by atoms with Crippen LogP contribution in [0, 0.1) is 5.92 Å². The Morgan fingerprint density at radius 2 is 2.06 bits per heavy atom. The Kier molecular flexibility index (Phi) is 4.97. The number of carbonyl (C=O) groups is 1. The molecule has 0 aromatic heterocycles. The predicted octanol–water partition coefficient (Wildman–Crippen LogP) is 1.03. The summed E-state index contributed by atoms with van der Waals surface area (Å²) in [6.45, 7) is 4.46. The highest BCUT2D eigenvalue weighted by Gasteiger charge is 2.14. The van der Waals surface area contributed by atoms with Crippen molar-refractivity contribution >= 4 is 5.91 Å². The van der Waals surface area contributed by atoms with Crippen molar-refractivity contribution in [1.82, 2.24) is 5.32 Å². The molecule has 2 unspecified atom stereocenters. The van der Waals surface area contributed by atoms with E-state index in [1.807, 2.05) is 13.8 Å². The average molecular weight is 236 g/mol. The lowest BCUT2D eigenvalue weighted by atomic mass is 10.0. The van der Waals surface area contributed by atoms with E-state index >= 15 is 0 Å². The molecule has 1 rings (SSSR count). The zero-order valence-electron chi connectivity index (χ0n) is 10.3. The third kappa shape index (κ3) is 4.07. The van der Waals surface area contributed by atoms with Gasteiger partial charge in [-0.3, -0.25) is 4.79 Å². The summed E-state index contributed by atoms with van der Waals surface area (Å²) in [7, 11) is 0. The Labute approximate surface area is 102 Å². The summed E-state index contributed by atoms with van der Waals surface area (Å²) in [5, 5.41) is 12.4. The van der Waals surface area contributed by atoms with Crippen molar-refractivity contribution in [3.63, 3.8) is 0 Å². The van der Waals surface area contributed by atoms with Gasteiger partial charge in [0.1, 0.15) is 5.75 Å². The fourth-order valence-corrected chi connectivity index (χ4v) is 1.48. The van der Waals surface area contributed by atoms with Gasteiger partial charge in [0.05, 0.1) is 6.42 Å². The van der Waals surface area contributed by atoms with Gasteiger partial charge in [0.25, 0.3) is 0 Å². The Hall–Kier alpha value is -1.55. The van der Waals surface area contributed by atoms with Crippen LogP contribution in [0.15, 0.2) is 24.3 Å². The molecule has 4 nitrogen and oxygen atoms in total. The van der Waals surface area contributed by atoms with Gasteiger partial charge in [-0.1, -0.05) is 25.1 Å². The van der Waals surface area contributed by atoms with Crippen molar-refractivity contribution in [2.75, 3.05) is 6.54 Å². The van der Waals surface area contributed by atoms with E-state index in [-0.39, 0.29) is 30.0 Å². The van der Waals surface area contributed by atoms with E-state index in [2.05, 4.69) is 5.32 Å². The van der Waals surface area contributed by atoms with Crippen LogP contribution < -0.4 is 11.1 Å². The van der Waals surface area contributed by atoms with Gasteiger partial charge in [-0.15, -0.1) is 0 Å². The number of aromatic hydroxyl groups is 1. The summed E-state index contributed by atoms with van der Waals surface area (Å²) in [5.41, 5.74) is 6.17. The highest BCUT2D eigenvalue weighted by atomic mass is 16.3. The summed E-state index contributed by atoms with van der Waals surface area (Å²) < 4.78 is 0. The normalized spacial score (nSPS) is 14.1. The molecule has 0 saturated heterocycles. The second-order valence-electron chi connectivity index (χ2n) is 4.37. The van der Waals surface area contributed by atoms with Crippen LogP contribution in [0.2, 0.25) is 0 Å².